The number of nitro groups is 1. The van der Waals surface area contributed by atoms with Gasteiger partial charge >= 0.3 is 0 Å². The number of carbonyl (C=O) groups is 2. The fraction of sp³-hybridized carbons (Fsp3) is 0.391. The first-order valence-electron chi connectivity index (χ1n) is 10.2. The Bertz CT molecular complexity index is 872. The number of hydrogen-bond acceptors (Lipinski definition) is 5. The molecule has 0 unspecified atom stereocenters. The Hall–Kier alpha value is -2.87. The molecular formula is C23H29N3O4S. The van der Waals surface area contributed by atoms with E-state index >= 15 is 0 Å². The van der Waals surface area contributed by atoms with Crippen LogP contribution in [0.25, 0.3) is 0 Å². The third kappa shape index (κ3) is 8.05. The third-order valence-corrected chi connectivity index (χ3v) is 5.68. The lowest BCUT2D eigenvalue weighted by atomic mass is 10.1. The standard InChI is InChI=1S/C23H29N3O4S/c1-17(2)13-24-23(28)18(3)25(14-19-7-5-4-6-8-19)22(27)16-31-15-20-9-11-21(12-10-20)26(29)30/h4-12,17-18H,13-16H2,1-3H3,(H,24,28)/t18-/m0/s1. The number of nitrogens with one attached hydrogen (secondary N) is 1. The molecule has 0 aliphatic heterocycles. The molecule has 2 rings (SSSR count). The van der Waals surface area contributed by atoms with Gasteiger partial charge in [0.05, 0.1) is 10.7 Å². The number of nitro benzene ring substituents is 1. The van der Waals surface area contributed by atoms with Crippen LogP contribution in [0.3, 0.4) is 0 Å². The second-order valence-corrected chi connectivity index (χ2v) is 8.72. The topological polar surface area (TPSA) is 92.6 Å². The Kier molecular flexibility index (Phi) is 9.52. The van der Waals surface area contributed by atoms with Crippen molar-refractivity contribution in [3.05, 3.63) is 75.8 Å². The van der Waals surface area contributed by atoms with Crippen LogP contribution >= 0.6 is 11.8 Å². The summed E-state index contributed by atoms with van der Waals surface area (Å²) in [5.74, 6) is 0.802. The number of amides is 2. The van der Waals surface area contributed by atoms with Gasteiger partial charge in [-0.1, -0.05) is 56.3 Å². The first kappa shape index (κ1) is 24.4. The molecule has 7 nitrogen and oxygen atoms in total. The van der Waals surface area contributed by atoms with Crippen molar-refractivity contribution >= 4 is 29.3 Å². The SMILES string of the molecule is CC(C)CNC(=O)[C@H](C)N(Cc1ccccc1)C(=O)CSCc1ccc([N+](=O)[O-])cc1. The maximum atomic E-state index is 13.0. The summed E-state index contributed by atoms with van der Waals surface area (Å²) in [4.78, 5) is 37.5. The van der Waals surface area contributed by atoms with Gasteiger partial charge in [-0.15, -0.1) is 11.8 Å². The summed E-state index contributed by atoms with van der Waals surface area (Å²) in [5, 5.41) is 13.7. The van der Waals surface area contributed by atoms with Gasteiger partial charge in [-0.05, 0) is 24.0 Å². The van der Waals surface area contributed by atoms with Gasteiger partial charge in [0.2, 0.25) is 11.8 Å². The minimum Gasteiger partial charge on any atom is -0.354 e. The summed E-state index contributed by atoms with van der Waals surface area (Å²) in [6, 6.07) is 15.3. The van der Waals surface area contributed by atoms with E-state index in [1.807, 2.05) is 44.2 Å². The number of non-ortho nitro benzene ring substituents is 1. The number of carbonyl (C=O) groups excluding carboxylic acids is 2. The molecule has 1 atom stereocenters. The van der Waals surface area contributed by atoms with Crippen LogP contribution in [0.15, 0.2) is 54.6 Å². The van der Waals surface area contributed by atoms with Gasteiger partial charge in [0.15, 0.2) is 0 Å². The van der Waals surface area contributed by atoms with E-state index in [4.69, 9.17) is 0 Å². The molecule has 1 N–H and O–H groups in total. The molecule has 0 heterocycles. The Labute approximate surface area is 187 Å². The lowest BCUT2D eigenvalue weighted by Gasteiger charge is -2.29. The predicted molar refractivity (Wildman–Crippen MR) is 124 cm³/mol. The van der Waals surface area contributed by atoms with Crippen LogP contribution in [0.5, 0.6) is 0 Å². The highest BCUT2D eigenvalue weighted by Crippen LogP contribution is 2.18. The molecule has 2 amide bonds. The predicted octanol–water partition coefficient (Wildman–Crippen LogP) is 4.02. The van der Waals surface area contributed by atoms with Crippen LogP contribution in [-0.4, -0.2) is 40.0 Å². The molecule has 0 radical (unpaired) electrons. The molecule has 0 saturated carbocycles. The van der Waals surface area contributed by atoms with Crippen LogP contribution in [0.1, 0.15) is 31.9 Å². The van der Waals surface area contributed by atoms with Gasteiger partial charge in [0, 0.05) is 31.0 Å². The highest BCUT2D eigenvalue weighted by atomic mass is 32.2. The molecule has 8 heteroatoms. The number of nitrogens with zero attached hydrogens (tertiary/aromatic N) is 2. The number of benzene rings is 2. The Morgan fingerprint density at radius 1 is 1.03 bits per heavy atom. The lowest BCUT2D eigenvalue weighted by Crippen LogP contribution is -2.48. The zero-order valence-corrected chi connectivity index (χ0v) is 18.9. The average Bonchev–Trinajstić information content (AvgIpc) is 2.76. The molecule has 2 aromatic rings. The molecule has 0 aliphatic rings. The molecule has 0 aliphatic carbocycles. The highest BCUT2D eigenvalue weighted by Gasteiger charge is 2.26. The molecule has 31 heavy (non-hydrogen) atoms. The van der Waals surface area contributed by atoms with Gasteiger partial charge in [-0.3, -0.25) is 19.7 Å². The van der Waals surface area contributed by atoms with Crippen molar-refractivity contribution in [2.75, 3.05) is 12.3 Å². The summed E-state index contributed by atoms with van der Waals surface area (Å²) < 4.78 is 0. The zero-order valence-electron chi connectivity index (χ0n) is 18.1. The summed E-state index contributed by atoms with van der Waals surface area (Å²) >= 11 is 1.42. The molecule has 0 bridgehead atoms. The van der Waals surface area contributed by atoms with E-state index < -0.39 is 11.0 Å². The van der Waals surface area contributed by atoms with E-state index in [0.717, 1.165) is 11.1 Å². The normalized spacial score (nSPS) is 11.7. The van der Waals surface area contributed by atoms with Crippen molar-refractivity contribution in [1.29, 1.82) is 0 Å². The summed E-state index contributed by atoms with van der Waals surface area (Å²) in [6.45, 7) is 6.70. The van der Waals surface area contributed by atoms with Crippen molar-refractivity contribution in [3.8, 4) is 0 Å². The largest absolute Gasteiger partial charge is 0.354 e. The average molecular weight is 444 g/mol. The Morgan fingerprint density at radius 2 is 1.68 bits per heavy atom. The second-order valence-electron chi connectivity index (χ2n) is 7.74. The van der Waals surface area contributed by atoms with Crippen molar-refractivity contribution in [3.63, 3.8) is 0 Å². The van der Waals surface area contributed by atoms with Crippen LogP contribution in [-0.2, 0) is 21.9 Å². The fourth-order valence-corrected chi connectivity index (χ4v) is 3.74. The monoisotopic (exact) mass is 443 g/mol. The number of hydrogen-bond donors (Lipinski definition) is 1. The lowest BCUT2D eigenvalue weighted by molar-refractivity contribution is -0.384. The highest BCUT2D eigenvalue weighted by molar-refractivity contribution is 7.99. The first-order chi connectivity index (χ1) is 14.8. The molecule has 0 spiro atoms. The summed E-state index contributed by atoms with van der Waals surface area (Å²) in [6.07, 6.45) is 0. The van der Waals surface area contributed by atoms with E-state index in [1.165, 1.54) is 23.9 Å². The number of thioether (sulfide) groups is 1. The maximum Gasteiger partial charge on any atom is 0.269 e. The molecular weight excluding hydrogens is 414 g/mol. The smallest absolute Gasteiger partial charge is 0.269 e. The van der Waals surface area contributed by atoms with Crippen molar-refractivity contribution in [2.24, 2.45) is 5.92 Å². The van der Waals surface area contributed by atoms with E-state index in [0.29, 0.717) is 24.8 Å². The Balaban J connectivity index is 2.01. The minimum absolute atomic E-state index is 0.0418. The van der Waals surface area contributed by atoms with Gasteiger partial charge in [-0.2, -0.15) is 0 Å². The van der Waals surface area contributed by atoms with E-state index in [2.05, 4.69) is 5.32 Å². The quantitative estimate of drug-likeness (QED) is 0.418. The molecule has 0 fully saturated rings. The minimum atomic E-state index is -0.591. The van der Waals surface area contributed by atoms with E-state index in [-0.39, 0.29) is 23.3 Å². The van der Waals surface area contributed by atoms with Gasteiger partial charge in [0.25, 0.3) is 5.69 Å². The van der Waals surface area contributed by atoms with Crippen molar-refractivity contribution in [2.45, 2.75) is 39.1 Å². The van der Waals surface area contributed by atoms with Crippen molar-refractivity contribution in [1.82, 2.24) is 10.2 Å². The summed E-state index contributed by atoms with van der Waals surface area (Å²) in [7, 11) is 0. The molecule has 0 saturated heterocycles. The molecule has 0 aromatic heterocycles. The van der Waals surface area contributed by atoms with Crippen LogP contribution in [0.4, 0.5) is 5.69 Å². The van der Waals surface area contributed by atoms with Gasteiger partial charge in [0.1, 0.15) is 6.04 Å². The first-order valence-corrected chi connectivity index (χ1v) is 11.4. The van der Waals surface area contributed by atoms with Crippen LogP contribution in [0, 0.1) is 16.0 Å². The van der Waals surface area contributed by atoms with Crippen LogP contribution in [0.2, 0.25) is 0 Å². The van der Waals surface area contributed by atoms with Crippen LogP contribution < -0.4 is 5.32 Å². The molecule has 166 valence electrons. The van der Waals surface area contributed by atoms with E-state index in [1.54, 1.807) is 24.0 Å². The zero-order chi connectivity index (χ0) is 22.8. The van der Waals surface area contributed by atoms with E-state index in [9.17, 15) is 19.7 Å². The Morgan fingerprint density at radius 3 is 2.26 bits per heavy atom. The van der Waals surface area contributed by atoms with Gasteiger partial charge in [-0.25, -0.2) is 0 Å². The number of rotatable bonds is 11. The third-order valence-electron chi connectivity index (χ3n) is 4.69. The second kappa shape index (κ2) is 12.1. The summed E-state index contributed by atoms with van der Waals surface area (Å²) in [5.41, 5.74) is 1.90. The van der Waals surface area contributed by atoms with Crippen molar-refractivity contribution < 1.29 is 14.5 Å². The maximum absolute atomic E-state index is 13.0. The fourth-order valence-electron chi connectivity index (χ4n) is 2.87. The molecule has 2 aromatic carbocycles. The van der Waals surface area contributed by atoms with Gasteiger partial charge < -0.3 is 10.2 Å².